The van der Waals surface area contributed by atoms with Crippen LogP contribution in [0.5, 0.6) is 0 Å². The minimum Gasteiger partial charge on any atom is -0.327 e. The Bertz CT molecular complexity index is 142. The van der Waals surface area contributed by atoms with Crippen LogP contribution in [0.25, 0.3) is 0 Å². The maximum Gasteiger partial charge on any atom is 0.0173 e. The SMILES string of the molecule is CCC(CC)(CC)NCCC(N)C(C)C. The zero-order chi connectivity index (χ0) is 11.9. The molecule has 0 aliphatic heterocycles. The Morgan fingerprint density at radius 1 is 1.07 bits per heavy atom. The normalized spacial score (nSPS) is 14.6. The van der Waals surface area contributed by atoms with E-state index in [1.807, 2.05) is 0 Å². The summed E-state index contributed by atoms with van der Waals surface area (Å²) in [6, 6.07) is 0.334. The quantitative estimate of drug-likeness (QED) is 0.652. The predicted molar refractivity (Wildman–Crippen MR) is 69.0 cm³/mol. The van der Waals surface area contributed by atoms with Gasteiger partial charge in [-0.15, -0.1) is 0 Å². The van der Waals surface area contributed by atoms with Crippen LogP contribution in [0, 0.1) is 5.92 Å². The number of hydrogen-bond donors (Lipinski definition) is 2. The smallest absolute Gasteiger partial charge is 0.0173 e. The van der Waals surface area contributed by atoms with Crippen molar-refractivity contribution >= 4 is 0 Å². The van der Waals surface area contributed by atoms with E-state index < -0.39 is 0 Å². The van der Waals surface area contributed by atoms with Crippen molar-refractivity contribution in [3.8, 4) is 0 Å². The van der Waals surface area contributed by atoms with Crippen LogP contribution in [-0.4, -0.2) is 18.1 Å². The molecule has 0 heterocycles. The Labute approximate surface area is 96.0 Å². The van der Waals surface area contributed by atoms with Crippen LogP contribution in [0.15, 0.2) is 0 Å². The summed E-state index contributed by atoms with van der Waals surface area (Å²) in [5.74, 6) is 0.589. The fraction of sp³-hybridized carbons (Fsp3) is 1.00. The molecule has 0 bridgehead atoms. The highest BCUT2D eigenvalue weighted by atomic mass is 15.0. The van der Waals surface area contributed by atoms with Crippen molar-refractivity contribution < 1.29 is 0 Å². The van der Waals surface area contributed by atoms with Crippen molar-refractivity contribution in [3.63, 3.8) is 0 Å². The van der Waals surface area contributed by atoms with E-state index in [-0.39, 0.29) is 0 Å². The third-order valence-electron chi connectivity index (χ3n) is 3.86. The molecule has 0 rings (SSSR count). The van der Waals surface area contributed by atoms with E-state index >= 15 is 0 Å². The number of nitrogens with two attached hydrogens (primary N) is 1. The Hall–Kier alpha value is -0.0800. The van der Waals surface area contributed by atoms with Gasteiger partial charge in [-0.25, -0.2) is 0 Å². The van der Waals surface area contributed by atoms with Crippen LogP contribution < -0.4 is 11.1 Å². The average Bonchev–Trinajstić information content (AvgIpc) is 2.24. The third kappa shape index (κ3) is 4.98. The Morgan fingerprint density at radius 2 is 1.53 bits per heavy atom. The Morgan fingerprint density at radius 3 is 1.87 bits per heavy atom. The molecule has 2 heteroatoms. The van der Waals surface area contributed by atoms with Gasteiger partial charge in [0, 0.05) is 11.6 Å². The summed E-state index contributed by atoms with van der Waals surface area (Å²) < 4.78 is 0. The van der Waals surface area contributed by atoms with E-state index in [1.165, 1.54) is 19.3 Å². The van der Waals surface area contributed by atoms with Gasteiger partial charge in [-0.1, -0.05) is 34.6 Å². The first-order valence-corrected chi connectivity index (χ1v) is 6.52. The van der Waals surface area contributed by atoms with E-state index in [1.54, 1.807) is 0 Å². The lowest BCUT2D eigenvalue weighted by molar-refractivity contribution is 0.281. The highest BCUT2D eigenvalue weighted by Crippen LogP contribution is 2.19. The number of rotatable bonds is 8. The van der Waals surface area contributed by atoms with E-state index in [0.29, 0.717) is 17.5 Å². The molecule has 0 saturated carbocycles. The first-order valence-electron chi connectivity index (χ1n) is 6.52. The summed E-state index contributed by atoms with van der Waals surface area (Å²) in [7, 11) is 0. The topological polar surface area (TPSA) is 38.0 Å². The molecular weight excluding hydrogens is 184 g/mol. The van der Waals surface area contributed by atoms with Gasteiger partial charge in [0.1, 0.15) is 0 Å². The zero-order valence-electron chi connectivity index (χ0n) is 11.3. The maximum absolute atomic E-state index is 6.03. The van der Waals surface area contributed by atoms with Crippen LogP contribution in [0.1, 0.15) is 60.3 Å². The molecule has 0 spiro atoms. The molecule has 0 amide bonds. The largest absolute Gasteiger partial charge is 0.327 e. The van der Waals surface area contributed by atoms with E-state index in [4.69, 9.17) is 5.73 Å². The van der Waals surface area contributed by atoms with Crippen molar-refractivity contribution in [1.29, 1.82) is 0 Å². The molecule has 0 aromatic heterocycles. The lowest BCUT2D eigenvalue weighted by Crippen LogP contribution is -2.45. The van der Waals surface area contributed by atoms with Crippen molar-refractivity contribution in [2.45, 2.75) is 71.9 Å². The second-order valence-electron chi connectivity index (χ2n) is 4.96. The summed E-state index contributed by atoms with van der Waals surface area (Å²) in [5, 5.41) is 3.69. The fourth-order valence-corrected chi connectivity index (χ4v) is 1.96. The van der Waals surface area contributed by atoms with Crippen molar-refractivity contribution in [2.75, 3.05) is 6.54 Å². The summed E-state index contributed by atoms with van der Waals surface area (Å²) in [5.41, 5.74) is 6.37. The molecule has 15 heavy (non-hydrogen) atoms. The highest BCUT2D eigenvalue weighted by Gasteiger charge is 2.22. The van der Waals surface area contributed by atoms with Crippen molar-refractivity contribution in [1.82, 2.24) is 5.32 Å². The van der Waals surface area contributed by atoms with Crippen molar-refractivity contribution in [3.05, 3.63) is 0 Å². The second kappa shape index (κ2) is 7.24. The maximum atomic E-state index is 6.03. The molecule has 0 aliphatic rings. The summed E-state index contributed by atoms with van der Waals surface area (Å²) in [4.78, 5) is 0. The van der Waals surface area contributed by atoms with Gasteiger partial charge >= 0.3 is 0 Å². The molecule has 3 N–H and O–H groups in total. The molecular formula is C13H30N2. The minimum atomic E-state index is 0.334. The molecule has 1 unspecified atom stereocenters. The second-order valence-corrected chi connectivity index (χ2v) is 4.96. The Balaban J connectivity index is 3.91. The van der Waals surface area contributed by atoms with Gasteiger partial charge in [-0.3, -0.25) is 0 Å². The van der Waals surface area contributed by atoms with Gasteiger partial charge in [-0.2, -0.15) is 0 Å². The molecule has 92 valence electrons. The van der Waals surface area contributed by atoms with Crippen molar-refractivity contribution in [2.24, 2.45) is 11.7 Å². The lowest BCUT2D eigenvalue weighted by Gasteiger charge is -2.32. The molecule has 2 nitrogen and oxygen atoms in total. The minimum absolute atomic E-state index is 0.334. The van der Waals surface area contributed by atoms with Gasteiger partial charge < -0.3 is 11.1 Å². The van der Waals surface area contributed by atoms with Gasteiger partial charge in [0.05, 0.1) is 0 Å². The van der Waals surface area contributed by atoms with Crippen LogP contribution in [0.4, 0.5) is 0 Å². The monoisotopic (exact) mass is 214 g/mol. The Kier molecular flexibility index (Phi) is 7.20. The standard InChI is InChI=1S/C13H30N2/c1-6-13(7-2,8-3)15-10-9-12(14)11(4)5/h11-12,15H,6-10,14H2,1-5H3. The van der Waals surface area contributed by atoms with Crippen LogP contribution in [-0.2, 0) is 0 Å². The van der Waals surface area contributed by atoms with Crippen LogP contribution in [0.2, 0.25) is 0 Å². The van der Waals surface area contributed by atoms with Crippen LogP contribution in [0.3, 0.4) is 0 Å². The fourth-order valence-electron chi connectivity index (χ4n) is 1.96. The van der Waals surface area contributed by atoms with E-state index in [2.05, 4.69) is 39.9 Å². The number of hydrogen-bond acceptors (Lipinski definition) is 2. The lowest BCUT2D eigenvalue weighted by atomic mass is 9.89. The molecule has 0 saturated heterocycles. The first kappa shape index (κ1) is 14.9. The van der Waals surface area contributed by atoms with E-state index in [9.17, 15) is 0 Å². The number of nitrogens with one attached hydrogen (secondary N) is 1. The summed E-state index contributed by atoms with van der Waals surface area (Å²) >= 11 is 0. The molecule has 0 radical (unpaired) electrons. The molecule has 1 atom stereocenters. The highest BCUT2D eigenvalue weighted by molar-refractivity contribution is 4.84. The summed E-state index contributed by atoms with van der Waals surface area (Å²) in [6.45, 7) is 12.2. The summed E-state index contributed by atoms with van der Waals surface area (Å²) in [6.07, 6.45) is 4.70. The molecule has 0 fully saturated rings. The zero-order valence-corrected chi connectivity index (χ0v) is 11.3. The van der Waals surface area contributed by atoms with Gasteiger partial charge in [0.25, 0.3) is 0 Å². The van der Waals surface area contributed by atoms with E-state index in [0.717, 1.165) is 13.0 Å². The average molecular weight is 214 g/mol. The predicted octanol–water partition coefficient (Wildman–Crippen LogP) is 2.92. The van der Waals surface area contributed by atoms with Gasteiger partial charge in [0.2, 0.25) is 0 Å². The third-order valence-corrected chi connectivity index (χ3v) is 3.86. The molecule has 0 aliphatic carbocycles. The van der Waals surface area contributed by atoms with Gasteiger partial charge in [0.15, 0.2) is 0 Å². The first-order chi connectivity index (χ1) is 7.01. The molecule has 0 aromatic carbocycles. The molecule has 0 aromatic rings. The van der Waals surface area contributed by atoms with Crippen LogP contribution >= 0.6 is 0 Å². The van der Waals surface area contributed by atoms with Gasteiger partial charge in [-0.05, 0) is 38.1 Å².